The Hall–Kier alpha value is -1.28. The van der Waals surface area contributed by atoms with Gasteiger partial charge in [0, 0.05) is 0 Å². The molecule has 96 valence electrons. The summed E-state index contributed by atoms with van der Waals surface area (Å²) >= 11 is 0. The van der Waals surface area contributed by atoms with Crippen LogP contribution in [-0.4, -0.2) is 0 Å². The second-order valence-electron chi connectivity index (χ2n) is 3.74. The third-order valence-electron chi connectivity index (χ3n) is 2.73. The minimum Gasteiger partial charge on any atom is -1.00 e. The molecule has 0 radical (unpaired) electrons. The molecule has 0 unspecified atom stereocenters. The summed E-state index contributed by atoms with van der Waals surface area (Å²) in [5, 5.41) is 2.63. The molecule has 0 aliphatic rings. The fraction of sp³-hybridized carbons (Fsp3) is 0. The van der Waals surface area contributed by atoms with Crippen molar-refractivity contribution in [2.45, 2.75) is 0 Å². The van der Waals surface area contributed by atoms with Gasteiger partial charge in [-0.3, -0.25) is 0 Å². The van der Waals surface area contributed by atoms with Gasteiger partial charge in [-0.1, -0.05) is 54.1 Å². The average Bonchev–Trinajstić information content (AvgIpc) is 2.74. The van der Waals surface area contributed by atoms with Gasteiger partial charge in [0.1, 0.15) is 0 Å². The molecular weight excluding hydrogens is 328 g/mol. The van der Waals surface area contributed by atoms with Crippen molar-refractivity contribution in [2.24, 2.45) is 0 Å². The Morgan fingerprint density at radius 2 is 1.26 bits per heavy atom. The van der Waals surface area contributed by atoms with Gasteiger partial charge in [0.25, 0.3) is 0 Å². The molecule has 0 N–H and O–H groups in total. The summed E-state index contributed by atoms with van der Waals surface area (Å²) in [5.41, 5.74) is 2.59. The molecule has 0 amide bonds. The first kappa shape index (κ1) is 20.0. The summed E-state index contributed by atoms with van der Waals surface area (Å²) in [6, 6.07) is 23.4. The second-order valence-corrected chi connectivity index (χ2v) is 3.74. The predicted octanol–water partition coefficient (Wildman–Crippen LogP) is -4.76. The molecule has 3 aromatic rings. The van der Waals surface area contributed by atoms with E-state index in [2.05, 4.69) is 60.7 Å². The van der Waals surface area contributed by atoms with E-state index in [0.29, 0.717) is 0 Å². The Kier molecular flexibility index (Phi) is 9.24. The Balaban J connectivity index is 0. The molecule has 19 heavy (non-hydrogen) atoms. The monoisotopic (exact) mass is 338 g/mol. The van der Waals surface area contributed by atoms with Crippen molar-refractivity contribution in [1.82, 2.24) is 0 Å². The van der Waals surface area contributed by atoms with Crippen molar-refractivity contribution >= 4 is 10.8 Å². The maximum atomic E-state index is 2.24. The number of hydrogen-bond donors (Lipinski definition) is 0. The summed E-state index contributed by atoms with van der Waals surface area (Å²) in [7, 11) is 0. The molecule has 4 heteroatoms. The van der Waals surface area contributed by atoms with Crippen molar-refractivity contribution in [3.8, 4) is 11.1 Å². The van der Waals surface area contributed by atoms with Crippen LogP contribution in [0.1, 0.15) is 0 Å². The van der Waals surface area contributed by atoms with Crippen LogP contribution in [0, 0.1) is 0 Å². The first-order valence-electron chi connectivity index (χ1n) is 5.14. The van der Waals surface area contributed by atoms with Crippen molar-refractivity contribution in [3.63, 3.8) is 0 Å². The molecule has 3 aromatic carbocycles. The number of halogens is 3. The van der Waals surface area contributed by atoms with Gasteiger partial charge in [0.15, 0.2) is 0 Å². The van der Waals surface area contributed by atoms with E-state index >= 15 is 0 Å². The van der Waals surface area contributed by atoms with E-state index in [-0.39, 0.29) is 40.3 Å². The van der Waals surface area contributed by atoms with Crippen LogP contribution >= 0.6 is 0 Å². The normalized spacial score (nSPS) is 8.42. The molecule has 0 aromatic heterocycles. The van der Waals surface area contributed by atoms with Crippen LogP contribution in [0.3, 0.4) is 0 Å². The minimum absolute atomic E-state index is 0. The summed E-state index contributed by atoms with van der Waals surface area (Å²) in [6.45, 7) is 0. The van der Waals surface area contributed by atoms with Crippen LogP contribution in [0.5, 0.6) is 0 Å². The van der Waals surface area contributed by atoms with Crippen LogP contribution in [-0.2, 0) is 26.2 Å². The Labute approximate surface area is 129 Å². The predicted molar refractivity (Wildman–Crippen MR) is 65.0 cm³/mol. The largest absolute Gasteiger partial charge is 4.00 e. The quantitative estimate of drug-likeness (QED) is 0.391. The van der Waals surface area contributed by atoms with Gasteiger partial charge in [-0.2, -0.15) is 0 Å². The fourth-order valence-electron chi connectivity index (χ4n) is 1.95. The van der Waals surface area contributed by atoms with E-state index in [4.69, 9.17) is 0 Å². The van der Waals surface area contributed by atoms with E-state index in [9.17, 15) is 0 Å². The van der Waals surface area contributed by atoms with Gasteiger partial charge in [0.05, 0.1) is 0 Å². The smallest absolute Gasteiger partial charge is 1.00 e. The van der Waals surface area contributed by atoms with Gasteiger partial charge >= 0.3 is 26.2 Å². The topological polar surface area (TPSA) is 0 Å². The van der Waals surface area contributed by atoms with Crippen molar-refractivity contribution < 1.29 is 40.3 Å². The molecular formula is C15H11F3Zr. The van der Waals surface area contributed by atoms with Gasteiger partial charge in [-0.05, 0) is 0 Å². The average molecular weight is 339 g/mol. The molecule has 0 saturated carbocycles. The van der Waals surface area contributed by atoms with E-state index in [1.807, 2.05) is 6.07 Å². The molecule has 3 rings (SSSR count). The van der Waals surface area contributed by atoms with Gasteiger partial charge in [0.2, 0.25) is 0 Å². The van der Waals surface area contributed by atoms with E-state index in [1.54, 1.807) is 0 Å². The van der Waals surface area contributed by atoms with Crippen LogP contribution in [0.2, 0.25) is 0 Å². The van der Waals surface area contributed by atoms with Gasteiger partial charge < -0.3 is 14.1 Å². The summed E-state index contributed by atoms with van der Waals surface area (Å²) < 4.78 is 0. The Bertz CT molecular complexity index is 557. The maximum absolute atomic E-state index is 2.24. The second kappa shape index (κ2) is 8.76. The molecule has 0 atom stereocenters. The van der Waals surface area contributed by atoms with Crippen LogP contribution in [0.4, 0.5) is 0 Å². The summed E-state index contributed by atoms with van der Waals surface area (Å²) in [6.07, 6.45) is 0. The third-order valence-corrected chi connectivity index (χ3v) is 2.73. The number of fused-ring (bicyclic) bond motifs is 1. The van der Waals surface area contributed by atoms with Crippen LogP contribution in [0.15, 0.2) is 66.7 Å². The SMILES string of the molecule is [F-].[F-].[F-].[Zr+4].c1ccc(-c2cc3ccccc3[cH-]2)cc1. The van der Waals surface area contributed by atoms with Gasteiger partial charge in [-0.15, -0.1) is 34.5 Å². The molecule has 0 saturated heterocycles. The van der Waals surface area contributed by atoms with E-state index in [1.165, 1.54) is 21.9 Å². The van der Waals surface area contributed by atoms with Crippen molar-refractivity contribution in [2.75, 3.05) is 0 Å². The molecule has 0 heterocycles. The molecule has 0 fully saturated rings. The van der Waals surface area contributed by atoms with Crippen LogP contribution in [0.25, 0.3) is 21.9 Å². The standard InChI is InChI=1S/C15H11.3FH.Zr/c1-2-6-12(7-3-1)15-10-13-8-4-5-9-14(13)11-15;;;;/h1-11H;3*1H;/q-1;;;;+4/p-3. The maximum Gasteiger partial charge on any atom is 4.00 e. The molecule has 0 bridgehead atoms. The van der Waals surface area contributed by atoms with Crippen molar-refractivity contribution in [1.29, 1.82) is 0 Å². The van der Waals surface area contributed by atoms with Gasteiger partial charge in [-0.25, -0.2) is 0 Å². The Morgan fingerprint density at radius 3 is 1.89 bits per heavy atom. The molecule has 0 aliphatic carbocycles. The zero-order chi connectivity index (χ0) is 10.1. The summed E-state index contributed by atoms with van der Waals surface area (Å²) in [4.78, 5) is 0. The first-order chi connectivity index (χ1) is 7.43. The molecule has 0 nitrogen and oxygen atoms in total. The Morgan fingerprint density at radius 1 is 0.684 bits per heavy atom. The first-order valence-corrected chi connectivity index (χ1v) is 5.14. The minimum atomic E-state index is 0. The van der Waals surface area contributed by atoms with E-state index < -0.39 is 0 Å². The molecule has 0 spiro atoms. The zero-order valence-electron chi connectivity index (χ0n) is 9.98. The van der Waals surface area contributed by atoms with Crippen molar-refractivity contribution in [3.05, 3.63) is 66.7 Å². The van der Waals surface area contributed by atoms with Crippen LogP contribution < -0.4 is 14.1 Å². The number of rotatable bonds is 1. The third kappa shape index (κ3) is 4.10. The number of benzene rings is 2. The molecule has 0 aliphatic heterocycles. The van der Waals surface area contributed by atoms with E-state index in [0.717, 1.165) is 0 Å². The zero-order valence-corrected chi connectivity index (χ0v) is 12.4. The summed E-state index contributed by atoms with van der Waals surface area (Å²) in [5.74, 6) is 0. The number of hydrogen-bond acceptors (Lipinski definition) is 0. The fourth-order valence-corrected chi connectivity index (χ4v) is 1.95.